The molecule has 1 N–H and O–H groups in total. The van der Waals surface area contributed by atoms with Crippen LogP contribution in [0.4, 0.5) is 0 Å². The minimum absolute atomic E-state index is 0.216. The molecule has 0 fully saturated rings. The molecule has 7 nitrogen and oxygen atoms in total. The predicted molar refractivity (Wildman–Crippen MR) is 109 cm³/mol. The number of carbonyl (C=O) groups excluding carboxylic acids is 1. The second-order valence-electron chi connectivity index (χ2n) is 7.41. The van der Waals surface area contributed by atoms with Crippen LogP contribution in [0.15, 0.2) is 30.3 Å². The standard InChI is InChI=1S/C22H27NO6/c1-22(2)12-16(15-8-7-14(25-3)11-17(15)29-22)23-21(24)13-9-18(26-4)20(28-6)19(10-13)27-5/h7-11,16H,12H2,1-6H3,(H,23,24)/t16-/m0/s1. The summed E-state index contributed by atoms with van der Waals surface area (Å²) in [5.41, 5.74) is 0.886. The van der Waals surface area contributed by atoms with Crippen molar-refractivity contribution in [2.75, 3.05) is 28.4 Å². The zero-order chi connectivity index (χ0) is 21.2. The van der Waals surface area contributed by atoms with E-state index in [-0.39, 0.29) is 11.9 Å². The van der Waals surface area contributed by atoms with Crippen molar-refractivity contribution < 1.29 is 28.5 Å². The third-order valence-corrected chi connectivity index (χ3v) is 4.91. The van der Waals surface area contributed by atoms with Crippen LogP contribution in [0.5, 0.6) is 28.7 Å². The highest BCUT2D eigenvalue weighted by atomic mass is 16.5. The topological polar surface area (TPSA) is 75.3 Å². The highest BCUT2D eigenvalue weighted by molar-refractivity contribution is 5.96. The van der Waals surface area contributed by atoms with E-state index in [1.165, 1.54) is 21.3 Å². The molecule has 29 heavy (non-hydrogen) atoms. The second kappa shape index (κ2) is 8.11. The van der Waals surface area contributed by atoms with E-state index in [0.717, 1.165) is 5.56 Å². The average molecular weight is 401 g/mol. The summed E-state index contributed by atoms with van der Waals surface area (Å²) in [6.07, 6.45) is 0.627. The summed E-state index contributed by atoms with van der Waals surface area (Å²) in [5.74, 6) is 2.46. The zero-order valence-corrected chi connectivity index (χ0v) is 17.6. The van der Waals surface area contributed by atoms with Crippen molar-refractivity contribution in [2.24, 2.45) is 0 Å². The number of hydrogen-bond donors (Lipinski definition) is 1. The van der Waals surface area contributed by atoms with Gasteiger partial charge in [-0.2, -0.15) is 0 Å². The summed E-state index contributed by atoms with van der Waals surface area (Å²) in [5, 5.41) is 3.11. The monoisotopic (exact) mass is 401 g/mol. The lowest BCUT2D eigenvalue weighted by Crippen LogP contribution is -2.41. The van der Waals surface area contributed by atoms with E-state index in [1.807, 2.05) is 32.0 Å². The molecule has 1 heterocycles. The summed E-state index contributed by atoms with van der Waals surface area (Å²) < 4.78 is 27.4. The Bertz CT molecular complexity index is 883. The molecule has 0 aromatic heterocycles. The Hall–Kier alpha value is -3.09. The van der Waals surface area contributed by atoms with E-state index < -0.39 is 5.60 Å². The van der Waals surface area contributed by atoms with Crippen LogP contribution in [0.25, 0.3) is 0 Å². The number of methoxy groups -OCH3 is 4. The van der Waals surface area contributed by atoms with Crippen LogP contribution in [-0.2, 0) is 0 Å². The Morgan fingerprint density at radius 3 is 2.21 bits per heavy atom. The van der Waals surface area contributed by atoms with E-state index in [1.54, 1.807) is 19.2 Å². The molecular weight excluding hydrogens is 374 g/mol. The molecule has 0 spiro atoms. The van der Waals surface area contributed by atoms with E-state index in [2.05, 4.69) is 5.32 Å². The van der Waals surface area contributed by atoms with Gasteiger partial charge in [-0.3, -0.25) is 4.79 Å². The lowest BCUT2D eigenvalue weighted by atomic mass is 9.89. The lowest BCUT2D eigenvalue weighted by Gasteiger charge is -2.38. The Morgan fingerprint density at radius 2 is 1.66 bits per heavy atom. The summed E-state index contributed by atoms with van der Waals surface area (Å²) in [4.78, 5) is 13.1. The van der Waals surface area contributed by atoms with E-state index in [4.69, 9.17) is 23.7 Å². The first-order valence-corrected chi connectivity index (χ1v) is 9.29. The van der Waals surface area contributed by atoms with Gasteiger partial charge in [0, 0.05) is 23.6 Å². The van der Waals surface area contributed by atoms with Crippen molar-refractivity contribution in [1.82, 2.24) is 5.32 Å². The minimum Gasteiger partial charge on any atom is -0.497 e. The first kappa shape index (κ1) is 20.6. The second-order valence-corrected chi connectivity index (χ2v) is 7.41. The van der Waals surface area contributed by atoms with Gasteiger partial charge in [0.2, 0.25) is 5.75 Å². The van der Waals surface area contributed by atoms with Gasteiger partial charge < -0.3 is 29.0 Å². The highest BCUT2D eigenvalue weighted by Crippen LogP contribution is 2.42. The number of carbonyl (C=O) groups is 1. The molecule has 0 unspecified atom stereocenters. The number of hydrogen-bond acceptors (Lipinski definition) is 6. The SMILES string of the molecule is COc1ccc2c(c1)OC(C)(C)C[C@@H]2NC(=O)c1cc(OC)c(OC)c(OC)c1. The van der Waals surface area contributed by atoms with Gasteiger partial charge in [-0.05, 0) is 38.1 Å². The van der Waals surface area contributed by atoms with E-state index in [0.29, 0.717) is 40.7 Å². The minimum atomic E-state index is -0.438. The van der Waals surface area contributed by atoms with Gasteiger partial charge in [0.05, 0.1) is 34.5 Å². The summed E-state index contributed by atoms with van der Waals surface area (Å²) in [6, 6.07) is 8.68. The number of amides is 1. The number of fused-ring (bicyclic) bond motifs is 1. The first-order valence-electron chi connectivity index (χ1n) is 9.29. The number of rotatable bonds is 6. The third kappa shape index (κ3) is 4.18. The van der Waals surface area contributed by atoms with Gasteiger partial charge in [0.25, 0.3) is 5.91 Å². The first-order chi connectivity index (χ1) is 13.8. The summed E-state index contributed by atoms with van der Waals surface area (Å²) in [6.45, 7) is 3.99. The average Bonchev–Trinajstić information content (AvgIpc) is 2.70. The van der Waals surface area contributed by atoms with Gasteiger partial charge in [0.15, 0.2) is 11.5 Å². The Morgan fingerprint density at radius 1 is 1.00 bits per heavy atom. The molecule has 1 aliphatic heterocycles. The molecule has 0 aliphatic carbocycles. The van der Waals surface area contributed by atoms with Gasteiger partial charge in [-0.25, -0.2) is 0 Å². The fourth-order valence-corrected chi connectivity index (χ4v) is 3.54. The van der Waals surface area contributed by atoms with Crippen LogP contribution in [-0.4, -0.2) is 39.9 Å². The van der Waals surface area contributed by atoms with Crippen LogP contribution < -0.4 is 29.0 Å². The van der Waals surface area contributed by atoms with Crippen molar-refractivity contribution in [3.8, 4) is 28.7 Å². The van der Waals surface area contributed by atoms with Crippen molar-refractivity contribution >= 4 is 5.91 Å². The van der Waals surface area contributed by atoms with Crippen molar-refractivity contribution in [3.05, 3.63) is 41.5 Å². The fourth-order valence-electron chi connectivity index (χ4n) is 3.54. The summed E-state index contributed by atoms with van der Waals surface area (Å²) in [7, 11) is 6.17. The molecule has 2 aromatic carbocycles. The smallest absolute Gasteiger partial charge is 0.252 e. The summed E-state index contributed by atoms with van der Waals surface area (Å²) >= 11 is 0. The number of benzene rings is 2. The number of nitrogens with one attached hydrogen (secondary N) is 1. The molecule has 0 radical (unpaired) electrons. The third-order valence-electron chi connectivity index (χ3n) is 4.91. The molecule has 2 aromatic rings. The molecule has 0 saturated heterocycles. The van der Waals surface area contributed by atoms with Crippen LogP contribution in [0, 0.1) is 0 Å². The number of ether oxygens (including phenoxy) is 5. The maximum atomic E-state index is 13.1. The molecular formula is C22H27NO6. The van der Waals surface area contributed by atoms with Crippen molar-refractivity contribution in [2.45, 2.75) is 31.9 Å². The van der Waals surface area contributed by atoms with Crippen LogP contribution in [0.1, 0.15) is 42.2 Å². The Balaban J connectivity index is 1.93. The lowest BCUT2D eigenvalue weighted by molar-refractivity contribution is 0.0617. The van der Waals surface area contributed by atoms with E-state index in [9.17, 15) is 4.79 Å². The quantitative estimate of drug-likeness (QED) is 0.795. The van der Waals surface area contributed by atoms with Gasteiger partial charge >= 0.3 is 0 Å². The molecule has 1 atom stereocenters. The van der Waals surface area contributed by atoms with Crippen molar-refractivity contribution in [1.29, 1.82) is 0 Å². The van der Waals surface area contributed by atoms with Crippen molar-refractivity contribution in [3.63, 3.8) is 0 Å². The maximum Gasteiger partial charge on any atom is 0.252 e. The van der Waals surface area contributed by atoms with Gasteiger partial charge in [-0.1, -0.05) is 0 Å². The van der Waals surface area contributed by atoms with Crippen LogP contribution >= 0.6 is 0 Å². The zero-order valence-electron chi connectivity index (χ0n) is 17.6. The van der Waals surface area contributed by atoms with E-state index >= 15 is 0 Å². The normalized spacial score (nSPS) is 16.8. The maximum absolute atomic E-state index is 13.1. The van der Waals surface area contributed by atoms with Crippen LogP contribution in [0.3, 0.4) is 0 Å². The fraction of sp³-hybridized carbons (Fsp3) is 0.409. The molecule has 1 amide bonds. The molecule has 156 valence electrons. The van der Waals surface area contributed by atoms with Gasteiger partial charge in [0.1, 0.15) is 17.1 Å². The molecule has 7 heteroatoms. The molecule has 0 bridgehead atoms. The predicted octanol–water partition coefficient (Wildman–Crippen LogP) is 3.75. The molecule has 0 saturated carbocycles. The Kier molecular flexibility index (Phi) is 5.77. The van der Waals surface area contributed by atoms with Crippen LogP contribution in [0.2, 0.25) is 0 Å². The molecule has 1 aliphatic rings. The van der Waals surface area contributed by atoms with Gasteiger partial charge in [-0.15, -0.1) is 0 Å². The molecule has 3 rings (SSSR count). The largest absolute Gasteiger partial charge is 0.497 e. The Labute approximate surface area is 170 Å². The highest BCUT2D eigenvalue weighted by Gasteiger charge is 2.35.